The standard InChI is InChI=1S/C18H12F3N5OS/c19-18(20,21)13-7-12(10-24-14(13)8-22)25-15(27)17(4-2-5-17)26(16(25)28)11-3-1-6-23-9-11/h1,3,6-7,9-10H,2,4-5H2. The van der Waals surface area contributed by atoms with E-state index < -0.39 is 28.9 Å². The number of hydrogen-bond acceptors (Lipinski definition) is 5. The molecule has 142 valence electrons. The van der Waals surface area contributed by atoms with Crippen molar-refractivity contribution >= 4 is 34.6 Å². The fourth-order valence-corrected chi connectivity index (χ4v) is 4.04. The molecular weight excluding hydrogens is 391 g/mol. The number of carbonyl (C=O) groups excluding carboxylic acids is 1. The molecule has 6 nitrogen and oxygen atoms in total. The highest BCUT2D eigenvalue weighted by atomic mass is 32.1. The second-order valence-electron chi connectivity index (χ2n) is 6.55. The molecule has 10 heteroatoms. The summed E-state index contributed by atoms with van der Waals surface area (Å²) in [6, 6.07) is 5.62. The molecule has 0 atom stereocenters. The molecule has 2 aliphatic rings. The minimum Gasteiger partial charge on any atom is -0.301 e. The Bertz CT molecular complexity index is 1010. The van der Waals surface area contributed by atoms with Gasteiger partial charge in [0.25, 0.3) is 5.91 Å². The van der Waals surface area contributed by atoms with Crippen molar-refractivity contribution in [3.8, 4) is 6.07 Å². The van der Waals surface area contributed by atoms with E-state index in [1.54, 1.807) is 29.4 Å². The summed E-state index contributed by atoms with van der Waals surface area (Å²) in [6.45, 7) is 0. The van der Waals surface area contributed by atoms with Crippen LogP contribution in [0, 0.1) is 11.3 Å². The Kier molecular flexibility index (Phi) is 4.08. The van der Waals surface area contributed by atoms with Gasteiger partial charge in [0.15, 0.2) is 10.8 Å². The summed E-state index contributed by atoms with van der Waals surface area (Å²) in [7, 11) is 0. The summed E-state index contributed by atoms with van der Waals surface area (Å²) >= 11 is 5.48. The zero-order valence-electron chi connectivity index (χ0n) is 14.3. The van der Waals surface area contributed by atoms with Gasteiger partial charge < -0.3 is 4.90 Å². The van der Waals surface area contributed by atoms with Gasteiger partial charge in [-0.05, 0) is 49.7 Å². The molecule has 28 heavy (non-hydrogen) atoms. The first-order valence-corrected chi connectivity index (χ1v) is 8.76. The Balaban J connectivity index is 1.83. The molecule has 2 fully saturated rings. The van der Waals surface area contributed by atoms with Gasteiger partial charge in [-0.2, -0.15) is 18.4 Å². The van der Waals surface area contributed by atoms with Crippen LogP contribution in [-0.4, -0.2) is 26.5 Å². The van der Waals surface area contributed by atoms with E-state index in [0.29, 0.717) is 18.5 Å². The fraction of sp³-hybridized carbons (Fsp3) is 0.278. The maximum Gasteiger partial charge on any atom is 0.419 e. The maximum atomic E-state index is 13.3. The SMILES string of the molecule is N#Cc1ncc(N2C(=O)C3(CCC3)N(c3cccnc3)C2=S)cc1C(F)(F)F. The first kappa shape index (κ1) is 18.3. The molecule has 2 aromatic rings. The summed E-state index contributed by atoms with van der Waals surface area (Å²) in [6.07, 6.45) is 1.29. The van der Waals surface area contributed by atoms with Crippen molar-refractivity contribution in [3.63, 3.8) is 0 Å². The van der Waals surface area contributed by atoms with Crippen molar-refractivity contribution in [2.75, 3.05) is 9.80 Å². The lowest BCUT2D eigenvalue weighted by molar-refractivity contribution is -0.138. The average molecular weight is 403 g/mol. The number of aromatic nitrogens is 2. The van der Waals surface area contributed by atoms with E-state index in [1.807, 2.05) is 0 Å². The Morgan fingerprint density at radius 1 is 1.25 bits per heavy atom. The normalized spacial score (nSPS) is 18.4. The number of anilines is 2. The van der Waals surface area contributed by atoms with E-state index in [0.717, 1.165) is 23.6 Å². The Morgan fingerprint density at radius 3 is 2.54 bits per heavy atom. The number of alkyl halides is 3. The zero-order valence-corrected chi connectivity index (χ0v) is 15.1. The van der Waals surface area contributed by atoms with Crippen molar-refractivity contribution in [2.45, 2.75) is 31.0 Å². The Labute approximate surface area is 163 Å². The first-order valence-electron chi connectivity index (χ1n) is 8.36. The van der Waals surface area contributed by atoms with Crippen LogP contribution in [-0.2, 0) is 11.0 Å². The quantitative estimate of drug-likeness (QED) is 0.716. The number of amides is 1. The van der Waals surface area contributed by atoms with Crippen molar-refractivity contribution in [3.05, 3.63) is 48.0 Å². The predicted molar refractivity (Wildman–Crippen MR) is 97.3 cm³/mol. The van der Waals surface area contributed by atoms with Gasteiger partial charge in [-0.15, -0.1) is 0 Å². The summed E-state index contributed by atoms with van der Waals surface area (Å²) < 4.78 is 40.0. The molecule has 0 bridgehead atoms. The van der Waals surface area contributed by atoms with E-state index in [4.69, 9.17) is 17.5 Å². The Morgan fingerprint density at radius 2 is 2.00 bits per heavy atom. The topological polar surface area (TPSA) is 73.1 Å². The highest BCUT2D eigenvalue weighted by molar-refractivity contribution is 7.81. The highest BCUT2D eigenvalue weighted by Gasteiger charge is 2.59. The number of carbonyl (C=O) groups is 1. The largest absolute Gasteiger partial charge is 0.419 e. The van der Waals surface area contributed by atoms with Crippen molar-refractivity contribution in [2.24, 2.45) is 0 Å². The number of thiocarbonyl (C=S) groups is 1. The van der Waals surface area contributed by atoms with Crippen LogP contribution in [0.1, 0.15) is 30.5 Å². The first-order chi connectivity index (χ1) is 13.3. The third-order valence-corrected chi connectivity index (χ3v) is 5.40. The number of hydrogen-bond donors (Lipinski definition) is 0. The molecule has 1 aliphatic carbocycles. The van der Waals surface area contributed by atoms with Crippen LogP contribution in [0.4, 0.5) is 24.5 Å². The second kappa shape index (κ2) is 6.24. The van der Waals surface area contributed by atoms with Gasteiger partial charge in [0.1, 0.15) is 11.6 Å². The number of halogens is 3. The summed E-state index contributed by atoms with van der Waals surface area (Å²) in [5.74, 6) is -0.396. The monoisotopic (exact) mass is 403 g/mol. The minimum absolute atomic E-state index is 0.0670. The van der Waals surface area contributed by atoms with Gasteiger partial charge in [0, 0.05) is 6.20 Å². The number of rotatable bonds is 2. The molecular formula is C18H12F3N5OS. The summed E-state index contributed by atoms with van der Waals surface area (Å²) in [4.78, 5) is 23.6. The molecule has 1 saturated heterocycles. The smallest absolute Gasteiger partial charge is 0.301 e. The van der Waals surface area contributed by atoms with Gasteiger partial charge in [-0.25, -0.2) is 4.98 Å². The van der Waals surface area contributed by atoms with Crippen LogP contribution < -0.4 is 9.80 Å². The molecule has 0 unspecified atom stereocenters. The van der Waals surface area contributed by atoms with Crippen molar-refractivity contribution in [1.82, 2.24) is 9.97 Å². The molecule has 1 saturated carbocycles. The van der Waals surface area contributed by atoms with Gasteiger partial charge in [-0.1, -0.05) is 0 Å². The van der Waals surface area contributed by atoms with Gasteiger partial charge in [0.05, 0.1) is 29.3 Å². The van der Waals surface area contributed by atoms with Crippen LogP contribution in [0.5, 0.6) is 0 Å². The van der Waals surface area contributed by atoms with Crippen LogP contribution in [0.25, 0.3) is 0 Å². The van der Waals surface area contributed by atoms with Crippen molar-refractivity contribution < 1.29 is 18.0 Å². The Hall–Kier alpha value is -3.06. The van der Waals surface area contributed by atoms with Gasteiger partial charge >= 0.3 is 6.18 Å². The average Bonchev–Trinajstić information content (AvgIpc) is 2.88. The van der Waals surface area contributed by atoms with Crippen LogP contribution in [0.15, 0.2) is 36.8 Å². The summed E-state index contributed by atoms with van der Waals surface area (Å²) in [5.41, 5.74) is -2.39. The molecule has 1 amide bonds. The molecule has 0 aromatic carbocycles. The fourth-order valence-electron chi connectivity index (χ4n) is 3.58. The van der Waals surface area contributed by atoms with Gasteiger partial charge in [0.2, 0.25) is 0 Å². The molecule has 0 N–H and O–H groups in total. The maximum absolute atomic E-state index is 13.3. The van der Waals surface area contributed by atoms with E-state index >= 15 is 0 Å². The minimum atomic E-state index is -4.78. The van der Waals surface area contributed by atoms with E-state index in [1.165, 1.54) is 6.07 Å². The van der Waals surface area contributed by atoms with Crippen molar-refractivity contribution in [1.29, 1.82) is 5.26 Å². The lowest BCUT2D eigenvalue weighted by atomic mass is 9.75. The zero-order chi connectivity index (χ0) is 20.1. The number of pyridine rings is 2. The molecule has 3 heterocycles. The predicted octanol–water partition coefficient (Wildman–Crippen LogP) is 3.43. The molecule has 1 aliphatic heterocycles. The molecule has 1 spiro atoms. The van der Waals surface area contributed by atoms with E-state index in [2.05, 4.69) is 9.97 Å². The lowest BCUT2D eigenvalue weighted by Crippen LogP contribution is -2.55. The third-order valence-electron chi connectivity index (χ3n) is 5.04. The second-order valence-corrected chi connectivity index (χ2v) is 6.92. The van der Waals surface area contributed by atoms with Crippen LogP contribution in [0.3, 0.4) is 0 Å². The number of nitriles is 1. The lowest BCUT2D eigenvalue weighted by Gasteiger charge is -2.42. The van der Waals surface area contributed by atoms with Gasteiger partial charge in [-0.3, -0.25) is 14.7 Å². The third kappa shape index (κ3) is 2.54. The van der Waals surface area contributed by atoms with E-state index in [9.17, 15) is 18.0 Å². The molecule has 2 aromatic heterocycles. The van der Waals surface area contributed by atoms with Crippen LogP contribution in [0.2, 0.25) is 0 Å². The molecule has 0 radical (unpaired) electrons. The van der Waals surface area contributed by atoms with Crippen LogP contribution >= 0.6 is 12.2 Å². The number of nitrogens with zero attached hydrogens (tertiary/aromatic N) is 5. The highest BCUT2D eigenvalue weighted by Crippen LogP contribution is 2.48. The van der Waals surface area contributed by atoms with E-state index in [-0.39, 0.29) is 10.8 Å². The summed E-state index contributed by atoms with van der Waals surface area (Å²) in [5, 5.41) is 9.00. The molecule has 4 rings (SSSR count).